The Kier molecular flexibility index (Phi) is 7.21. The van der Waals surface area contributed by atoms with E-state index >= 15 is 0 Å². The molecule has 0 aromatic heterocycles. The minimum atomic E-state index is -4.42. The van der Waals surface area contributed by atoms with E-state index in [1.54, 1.807) is 23.8 Å². The summed E-state index contributed by atoms with van der Waals surface area (Å²) in [4.78, 5) is 14.5. The molecule has 0 radical (unpaired) electrons. The minimum absolute atomic E-state index is 0.258. The Morgan fingerprint density at radius 3 is 2.47 bits per heavy atom. The second kappa shape index (κ2) is 10.3. The first kappa shape index (κ1) is 23.8. The lowest BCUT2D eigenvalue weighted by Crippen LogP contribution is -2.34. The molecule has 3 aromatic rings. The number of carbonyl (C=O) groups is 1. The van der Waals surface area contributed by atoms with Crippen molar-refractivity contribution >= 4 is 23.5 Å². The molecule has 0 aliphatic carbocycles. The molecule has 9 heteroatoms. The second-order valence-electron chi connectivity index (χ2n) is 7.61. The van der Waals surface area contributed by atoms with Crippen LogP contribution in [-0.4, -0.2) is 30.3 Å². The number of hydrogen-bond donors (Lipinski definition) is 1. The van der Waals surface area contributed by atoms with Crippen molar-refractivity contribution < 1.29 is 27.4 Å². The largest absolute Gasteiger partial charge is 0.493 e. The van der Waals surface area contributed by atoms with Crippen molar-refractivity contribution in [3.63, 3.8) is 0 Å². The molecule has 2 amide bonds. The SMILES string of the molecule is COc1cc(C2SCCN2C(=O)Nc2ccc(C(F)(F)F)cc2)ccc1OCc1ccccc1. The first-order chi connectivity index (χ1) is 16.3. The van der Waals surface area contributed by atoms with Gasteiger partial charge < -0.3 is 19.7 Å². The van der Waals surface area contributed by atoms with Gasteiger partial charge in [-0.05, 0) is 47.5 Å². The van der Waals surface area contributed by atoms with Gasteiger partial charge in [-0.2, -0.15) is 13.2 Å². The van der Waals surface area contributed by atoms with Crippen LogP contribution in [0.15, 0.2) is 72.8 Å². The zero-order valence-corrected chi connectivity index (χ0v) is 19.2. The van der Waals surface area contributed by atoms with E-state index in [0.717, 1.165) is 29.0 Å². The van der Waals surface area contributed by atoms with Gasteiger partial charge in [0.05, 0.1) is 12.7 Å². The number of amides is 2. The molecule has 4 rings (SSSR count). The van der Waals surface area contributed by atoms with Crippen molar-refractivity contribution in [2.45, 2.75) is 18.2 Å². The number of benzene rings is 3. The van der Waals surface area contributed by atoms with Gasteiger partial charge in [0.1, 0.15) is 12.0 Å². The third kappa shape index (κ3) is 5.59. The lowest BCUT2D eigenvalue weighted by Gasteiger charge is -2.25. The van der Waals surface area contributed by atoms with Gasteiger partial charge in [-0.25, -0.2) is 4.79 Å². The number of alkyl halides is 3. The molecule has 1 atom stereocenters. The average molecular weight is 489 g/mol. The highest BCUT2D eigenvalue weighted by atomic mass is 32.2. The molecule has 1 heterocycles. The molecule has 178 valence electrons. The van der Waals surface area contributed by atoms with Crippen LogP contribution in [0.5, 0.6) is 11.5 Å². The molecule has 3 aromatic carbocycles. The monoisotopic (exact) mass is 488 g/mol. The molecule has 0 spiro atoms. The van der Waals surface area contributed by atoms with Gasteiger partial charge in [0.2, 0.25) is 0 Å². The predicted octanol–water partition coefficient (Wildman–Crippen LogP) is 6.57. The number of nitrogens with zero attached hydrogens (tertiary/aromatic N) is 1. The molecular formula is C25H23F3N2O3S. The Hall–Kier alpha value is -3.33. The standard InChI is InChI=1S/C25H23F3N2O3S/c1-32-22-15-18(7-12-21(22)33-16-17-5-3-2-4-6-17)23-30(13-14-34-23)24(31)29-20-10-8-19(9-11-20)25(26,27)28/h2-12,15,23H,13-14,16H2,1H3,(H,29,31). The summed E-state index contributed by atoms with van der Waals surface area (Å²) in [5.41, 5.74) is 1.44. The lowest BCUT2D eigenvalue weighted by molar-refractivity contribution is -0.137. The first-order valence-corrected chi connectivity index (χ1v) is 11.6. The van der Waals surface area contributed by atoms with Crippen LogP contribution in [0, 0.1) is 0 Å². The number of ether oxygens (including phenoxy) is 2. The van der Waals surface area contributed by atoms with E-state index in [2.05, 4.69) is 5.32 Å². The van der Waals surface area contributed by atoms with Gasteiger partial charge in [0.15, 0.2) is 11.5 Å². The van der Waals surface area contributed by atoms with E-state index in [4.69, 9.17) is 9.47 Å². The van der Waals surface area contributed by atoms with Crippen molar-refractivity contribution in [2.24, 2.45) is 0 Å². The van der Waals surface area contributed by atoms with Crippen molar-refractivity contribution in [2.75, 3.05) is 24.7 Å². The van der Waals surface area contributed by atoms with Crippen LogP contribution in [0.3, 0.4) is 0 Å². The van der Waals surface area contributed by atoms with E-state index in [9.17, 15) is 18.0 Å². The van der Waals surface area contributed by atoms with Gasteiger partial charge in [-0.1, -0.05) is 36.4 Å². The Morgan fingerprint density at radius 2 is 1.79 bits per heavy atom. The number of nitrogens with one attached hydrogen (secondary N) is 1. The summed E-state index contributed by atoms with van der Waals surface area (Å²) >= 11 is 1.60. The molecule has 1 unspecified atom stereocenters. The average Bonchev–Trinajstić information content (AvgIpc) is 3.33. The fourth-order valence-corrected chi connectivity index (χ4v) is 4.83. The summed E-state index contributed by atoms with van der Waals surface area (Å²) in [6.07, 6.45) is -4.42. The highest BCUT2D eigenvalue weighted by Crippen LogP contribution is 2.41. The molecule has 1 aliphatic rings. The van der Waals surface area contributed by atoms with Crippen LogP contribution < -0.4 is 14.8 Å². The topological polar surface area (TPSA) is 50.8 Å². The molecule has 1 aliphatic heterocycles. The zero-order chi connectivity index (χ0) is 24.1. The highest BCUT2D eigenvalue weighted by Gasteiger charge is 2.32. The quantitative estimate of drug-likeness (QED) is 0.426. The molecule has 34 heavy (non-hydrogen) atoms. The molecule has 1 fully saturated rings. The molecular weight excluding hydrogens is 465 g/mol. The normalized spacial score (nSPS) is 15.8. The van der Waals surface area contributed by atoms with Crippen molar-refractivity contribution in [1.82, 2.24) is 4.90 Å². The Labute approximate surface area is 199 Å². The minimum Gasteiger partial charge on any atom is -0.493 e. The van der Waals surface area contributed by atoms with Crippen LogP contribution in [0.4, 0.5) is 23.7 Å². The maximum Gasteiger partial charge on any atom is 0.416 e. The lowest BCUT2D eigenvalue weighted by atomic mass is 10.1. The van der Waals surface area contributed by atoms with Crippen LogP contribution in [0.25, 0.3) is 0 Å². The van der Waals surface area contributed by atoms with Gasteiger partial charge in [0.25, 0.3) is 0 Å². The molecule has 1 N–H and O–H groups in total. The predicted molar refractivity (Wildman–Crippen MR) is 126 cm³/mol. The van der Waals surface area contributed by atoms with Crippen molar-refractivity contribution in [3.8, 4) is 11.5 Å². The third-order valence-electron chi connectivity index (χ3n) is 5.33. The number of rotatable bonds is 6. The number of anilines is 1. The summed E-state index contributed by atoms with van der Waals surface area (Å²) in [6, 6.07) is 19.4. The summed E-state index contributed by atoms with van der Waals surface area (Å²) in [7, 11) is 1.56. The number of hydrogen-bond acceptors (Lipinski definition) is 4. The van der Waals surface area contributed by atoms with E-state index in [1.807, 2.05) is 48.5 Å². The fraction of sp³-hybridized carbons (Fsp3) is 0.240. The third-order valence-corrected chi connectivity index (χ3v) is 6.59. The van der Waals surface area contributed by atoms with Crippen LogP contribution >= 0.6 is 11.8 Å². The molecule has 0 bridgehead atoms. The Morgan fingerprint density at radius 1 is 1.06 bits per heavy atom. The number of thioether (sulfide) groups is 1. The molecule has 1 saturated heterocycles. The van der Waals surface area contributed by atoms with Gasteiger partial charge in [-0.3, -0.25) is 0 Å². The fourth-order valence-electron chi connectivity index (χ4n) is 3.58. The zero-order valence-electron chi connectivity index (χ0n) is 18.3. The van der Waals surface area contributed by atoms with Gasteiger partial charge in [0, 0.05) is 18.0 Å². The van der Waals surface area contributed by atoms with Crippen LogP contribution in [0.1, 0.15) is 22.1 Å². The number of halogens is 3. The second-order valence-corrected chi connectivity index (χ2v) is 8.79. The number of urea groups is 1. The van der Waals surface area contributed by atoms with E-state index in [1.165, 1.54) is 12.1 Å². The summed E-state index contributed by atoms with van der Waals surface area (Å²) in [5, 5.41) is 2.43. The summed E-state index contributed by atoms with van der Waals surface area (Å²) < 4.78 is 49.8. The van der Waals surface area contributed by atoms with Crippen LogP contribution in [-0.2, 0) is 12.8 Å². The van der Waals surface area contributed by atoms with E-state index in [0.29, 0.717) is 30.3 Å². The Balaban J connectivity index is 1.45. The smallest absolute Gasteiger partial charge is 0.416 e. The molecule has 5 nitrogen and oxygen atoms in total. The highest BCUT2D eigenvalue weighted by molar-refractivity contribution is 7.99. The van der Waals surface area contributed by atoms with Crippen molar-refractivity contribution in [1.29, 1.82) is 0 Å². The van der Waals surface area contributed by atoms with Crippen molar-refractivity contribution in [3.05, 3.63) is 89.5 Å². The van der Waals surface area contributed by atoms with Crippen LogP contribution in [0.2, 0.25) is 0 Å². The number of methoxy groups -OCH3 is 1. The first-order valence-electron chi connectivity index (χ1n) is 10.6. The summed E-state index contributed by atoms with van der Waals surface area (Å²) in [5.74, 6) is 1.89. The maximum atomic E-state index is 12.9. The number of carbonyl (C=O) groups excluding carboxylic acids is 1. The Bertz CT molecular complexity index is 1120. The van der Waals surface area contributed by atoms with E-state index in [-0.39, 0.29) is 11.4 Å². The maximum absolute atomic E-state index is 12.9. The molecule has 0 saturated carbocycles. The summed E-state index contributed by atoms with van der Waals surface area (Å²) in [6.45, 7) is 0.909. The van der Waals surface area contributed by atoms with Gasteiger partial charge in [-0.15, -0.1) is 11.8 Å². The van der Waals surface area contributed by atoms with E-state index < -0.39 is 11.7 Å². The van der Waals surface area contributed by atoms with Gasteiger partial charge >= 0.3 is 12.2 Å².